The molecule has 14 heavy (non-hydrogen) atoms. The molecule has 0 radical (unpaired) electrons. The van der Waals surface area contributed by atoms with Crippen LogP contribution in [0.1, 0.15) is 19.4 Å². The van der Waals surface area contributed by atoms with Crippen molar-refractivity contribution >= 4 is 17.3 Å². The van der Waals surface area contributed by atoms with Crippen LogP contribution in [0.15, 0.2) is 12.1 Å². The fourth-order valence-corrected chi connectivity index (χ4v) is 2.75. The highest BCUT2D eigenvalue weighted by molar-refractivity contribution is 6.32. The van der Waals surface area contributed by atoms with Gasteiger partial charge in [-0.1, -0.05) is 25.4 Å². The molecule has 0 saturated carbocycles. The second kappa shape index (κ2) is 2.86. The van der Waals surface area contributed by atoms with E-state index in [2.05, 4.69) is 13.8 Å². The molecule has 2 rings (SSSR count). The molecule has 0 saturated heterocycles. The largest absolute Gasteiger partial charge is 0.373 e. The van der Waals surface area contributed by atoms with E-state index in [-0.39, 0.29) is 11.2 Å². The molecule has 0 unspecified atom stereocenters. The van der Waals surface area contributed by atoms with Crippen LogP contribution in [0.5, 0.6) is 0 Å². The van der Waals surface area contributed by atoms with Crippen molar-refractivity contribution in [2.75, 3.05) is 18.5 Å². The third-order valence-corrected chi connectivity index (χ3v) is 3.05. The molecule has 1 aliphatic rings. The summed E-state index contributed by atoms with van der Waals surface area (Å²) in [6.07, 6.45) is 0. The maximum atomic E-state index is 13.1. The predicted octanol–water partition coefficient (Wildman–Crippen LogP) is 3.21. The molecule has 0 N–H and O–H groups in total. The summed E-state index contributed by atoms with van der Waals surface area (Å²) in [7, 11) is 1.96. The number of fused-ring (bicyclic) bond motifs is 1. The Morgan fingerprint density at radius 2 is 2.07 bits per heavy atom. The Bertz CT molecular complexity index is 387. The minimum absolute atomic E-state index is 0.00880. The number of rotatable bonds is 0. The zero-order chi connectivity index (χ0) is 10.5. The standard InChI is InChI=1S/C11H13ClFN/c1-11(2)6-14(3)9-5-7(13)4-8(12)10(9)11/h4-5H,6H2,1-3H3. The number of anilines is 1. The SMILES string of the molecule is CN1CC(C)(C)c2c(Cl)cc(F)cc21. The Morgan fingerprint density at radius 1 is 1.43 bits per heavy atom. The van der Waals surface area contributed by atoms with Crippen molar-refractivity contribution in [3.05, 3.63) is 28.5 Å². The minimum Gasteiger partial charge on any atom is -0.373 e. The predicted molar refractivity (Wildman–Crippen MR) is 57.7 cm³/mol. The van der Waals surface area contributed by atoms with Gasteiger partial charge in [0.2, 0.25) is 0 Å². The third-order valence-electron chi connectivity index (χ3n) is 2.75. The van der Waals surface area contributed by atoms with E-state index in [1.807, 2.05) is 11.9 Å². The lowest BCUT2D eigenvalue weighted by Crippen LogP contribution is -2.25. The average molecular weight is 214 g/mol. The minimum atomic E-state index is -0.265. The molecule has 1 aromatic carbocycles. The number of halogens is 2. The van der Waals surface area contributed by atoms with Gasteiger partial charge in [-0.05, 0) is 12.1 Å². The normalized spacial score (nSPS) is 18.5. The first-order valence-electron chi connectivity index (χ1n) is 4.62. The molecule has 3 heteroatoms. The second-order valence-corrected chi connectivity index (χ2v) is 4.93. The maximum Gasteiger partial charge on any atom is 0.126 e. The highest BCUT2D eigenvalue weighted by Crippen LogP contribution is 2.43. The fourth-order valence-electron chi connectivity index (χ4n) is 2.29. The van der Waals surface area contributed by atoms with Crippen LogP contribution in [0.4, 0.5) is 10.1 Å². The van der Waals surface area contributed by atoms with E-state index in [0.29, 0.717) is 5.02 Å². The van der Waals surface area contributed by atoms with E-state index in [4.69, 9.17) is 11.6 Å². The first kappa shape index (κ1) is 9.78. The lowest BCUT2D eigenvalue weighted by molar-refractivity contribution is 0.562. The van der Waals surface area contributed by atoms with Gasteiger partial charge in [-0.3, -0.25) is 0 Å². The van der Waals surface area contributed by atoms with Crippen molar-refractivity contribution in [2.24, 2.45) is 0 Å². The van der Waals surface area contributed by atoms with Gasteiger partial charge in [-0.25, -0.2) is 4.39 Å². The molecule has 76 valence electrons. The van der Waals surface area contributed by atoms with Gasteiger partial charge in [0.25, 0.3) is 0 Å². The number of likely N-dealkylation sites (N-methyl/N-ethyl adjacent to an activating group) is 1. The Balaban J connectivity index is 2.69. The molecule has 1 nitrogen and oxygen atoms in total. The van der Waals surface area contributed by atoms with Crippen molar-refractivity contribution in [1.29, 1.82) is 0 Å². The first-order chi connectivity index (χ1) is 6.42. The van der Waals surface area contributed by atoms with Gasteiger partial charge in [0.05, 0.1) is 0 Å². The topological polar surface area (TPSA) is 3.24 Å². The zero-order valence-electron chi connectivity index (χ0n) is 8.56. The van der Waals surface area contributed by atoms with Gasteiger partial charge in [-0.2, -0.15) is 0 Å². The van der Waals surface area contributed by atoms with Crippen LogP contribution in [-0.2, 0) is 5.41 Å². The lowest BCUT2D eigenvalue weighted by atomic mass is 9.87. The first-order valence-corrected chi connectivity index (χ1v) is 5.00. The summed E-state index contributed by atoms with van der Waals surface area (Å²) in [5.74, 6) is -0.265. The van der Waals surface area contributed by atoms with Crippen LogP contribution in [0.25, 0.3) is 0 Å². The molecule has 1 aromatic rings. The number of hydrogen-bond acceptors (Lipinski definition) is 1. The molecular formula is C11H13ClFN. The average Bonchev–Trinajstić information content (AvgIpc) is 2.21. The van der Waals surface area contributed by atoms with Crippen LogP contribution in [0.2, 0.25) is 5.02 Å². The smallest absolute Gasteiger partial charge is 0.126 e. The molecule has 0 fully saturated rings. The van der Waals surface area contributed by atoms with Crippen LogP contribution < -0.4 is 4.90 Å². The maximum absolute atomic E-state index is 13.1. The molecule has 0 amide bonds. The summed E-state index contributed by atoms with van der Waals surface area (Å²) in [6, 6.07) is 2.94. The van der Waals surface area contributed by atoms with E-state index in [9.17, 15) is 4.39 Å². The highest BCUT2D eigenvalue weighted by Gasteiger charge is 2.35. The van der Waals surface area contributed by atoms with Gasteiger partial charge >= 0.3 is 0 Å². The fraction of sp³-hybridized carbons (Fsp3) is 0.455. The monoisotopic (exact) mass is 213 g/mol. The summed E-state index contributed by atoms with van der Waals surface area (Å²) in [6.45, 7) is 5.13. The van der Waals surface area contributed by atoms with Gasteiger partial charge in [0.1, 0.15) is 5.82 Å². The van der Waals surface area contributed by atoms with Crippen molar-refractivity contribution in [1.82, 2.24) is 0 Å². The Hall–Kier alpha value is -0.760. The number of benzene rings is 1. The quantitative estimate of drug-likeness (QED) is 0.640. The van der Waals surface area contributed by atoms with Gasteiger partial charge in [-0.15, -0.1) is 0 Å². The Kier molecular flexibility index (Phi) is 2.00. The summed E-state index contributed by atoms with van der Waals surface area (Å²) < 4.78 is 13.1. The zero-order valence-corrected chi connectivity index (χ0v) is 9.32. The van der Waals surface area contributed by atoms with Crippen molar-refractivity contribution in [3.8, 4) is 0 Å². The highest BCUT2D eigenvalue weighted by atomic mass is 35.5. The molecule has 0 atom stereocenters. The molecular weight excluding hydrogens is 201 g/mol. The molecule has 0 aromatic heterocycles. The van der Waals surface area contributed by atoms with Crippen LogP contribution in [-0.4, -0.2) is 13.6 Å². The molecule has 1 aliphatic heterocycles. The molecule has 0 aliphatic carbocycles. The Labute approximate surface area is 88.5 Å². The van der Waals surface area contributed by atoms with Crippen LogP contribution in [0, 0.1) is 5.82 Å². The van der Waals surface area contributed by atoms with Crippen molar-refractivity contribution in [3.63, 3.8) is 0 Å². The molecule has 0 spiro atoms. The van der Waals surface area contributed by atoms with Gasteiger partial charge in [0, 0.05) is 35.3 Å². The van der Waals surface area contributed by atoms with E-state index in [1.165, 1.54) is 6.07 Å². The summed E-state index contributed by atoms with van der Waals surface area (Å²) in [5, 5.41) is 0.536. The third kappa shape index (κ3) is 1.29. The van der Waals surface area contributed by atoms with Crippen LogP contribution >= 0.6 is 11.6 Å². The number of hydrogen-bond donors (Lipinski definition) is 0. The molecule has 0 bridgehead atoms. The van der Waals surface area contributed by atoms with Crippen molar-refractivity contribution < 1.29 is 4.39 Å². The van der Waals surface area contributed by atoms with E-state index in [0.717, 1.165) is 17.8 Å². The summed E-state index contributed by atoms with van der Waals surface area (Å²) in [5.41, 5.74) is 1.98. The van der Waals surface area contributed by atoms with Crippen molar-refractivity contribution in [2.45, 2.75) is 19.3 Å². The Morgan fingerprint density at radius 3 is 2.71 bits per heavy atom. The van der Waals surface area contributed by atoms with Gasteiger partial charge < -0.3 is 4.90 Å². The summed E-state index contributed by atoms with van der Waals surface area (Å²) >= 11 is 6.06. The summed E-state index contributed by atoms with van der Waals surface area (Å²) in [4.78, 5) is 2.05. The second-order valence-electron chi connectivity index (χ2n) is 4.52. The lowest BCUT2D eigenvalue weighted by Gasteiger charge is -2.19. The van der Waals surface area contributed by atoms with E-state index >= 15 is 0 Å². The van der Waals surface area contributed by atoms with E-state index in [1.54, 1.807) is 6.07 Å². The van der Waals surface area contributed by atoms with Crippen LogP contribution in [0.3, 0.4) is 0 Å². The van der Waals surface area contributed by atoms with E-state index < -0.39 is 0 Å². The van der Waals surface area contributed by atoms with Gasteiger partial charge in [0.15, 0.2) is 0 Å². The number of nitrogens with zero attached hydrogens (tertiary/aromatic N) is 1. The molecule has 1 heterocycles.